The third-order valence-corrected chi connectivity index (χ3v) is 4.07. The zero-order valence-electron chi connectivity index (χ0n) is 14.0. The Labute approximate surface area is 142 Å². The van der Waals surface area contributed by atoms with Crippen LogP contribution in [-0.4, -0.2) is 42.6 Å². The van der Waals surface area contributed by atoms with Crippen molar-refractivity contribution in [2.45, 2.75) is 32.8 Å². The van der Waals surface area contributed by atoms with Crippen molar-refractivity contribution in [3.05, 3.63) is 29.8 Å². The second kappa shape index (κ2) is 8.34. The predicted octanol–water partition coefficient (Wildman–Crippen LogP) is 2.13. The molecule has 2 rings (SSSR count). The quantitative estimate of drug-likeness (QED) is 0.773. The fraction of sp³-hybridized carbons (Fsp3) is 0.500. The van der Waals surface area contributed by atoms with Gasteiger partial charge in [0.15, 0.2) is 6.10 Å². The summed E-state index contributed by atoms with van der Waals surface area (Å²) < 4.78 is 10.7. The van der Waals surface area contributed by atoms with Gasteiger partial charge in [-0.3, -0.25) is 9.59 Å². The summed E-state index contributed by atoms with van der Waals surface area (Å²) in [6, 6.07) is 8.69. The van der Waals surface area contributed by atoms with Crippen molar-refractivity contribution in [2.75, 3.05) is 19.7 Å². The van der Waals surface area contributed by atoms with Gasteiger partial charge >= 0.3 is 5.97 Å². The first-order chi connectivity index (χ1) is 11.5. The van der Waals surface area contributed by atoms with Gasteiger partial charge in [0.05, 0.1) is 24.2 Å². The highest BCUT2D eigenvalue weighted by molar-refractivity contribution is 5.81. The minimum absolute atomic E-state index is 0.0957. The van der Waals surface area contributed by atoms with Crippen LogP contribution in [0.2, 0.25) is 0 Å². The monoisotopic (exact) mass is 330 g/mol. The minimum atomic E-state index is -0.614. The van der Waals surface area contributed by atoms with Crippen molar-refractivity contribution in [1.82, 2.24) is 4.90 Å². The van der Waals surface area contributed by atoms with E-state index in [0.29, 0.717) is 43.9 Å². The normalized spacial score (nSPS) is 16.1. The first kappa shape index (κ1) is 17.8. The number of hydrogen-bond donors (Lipinski definition) is 0. The molecule has 0 N–H and O–H groups in total. The largest absolute Gasteiger partial charge is 0.481 e. The second-order valence-corrected chi connectivity index (χ2v) is 5.75. The SMILES string of the molecule is CCOC(=O)C1CCN(C(=O)[C@@H](C)Oc2ccc(C#N)cc2)CC1. The van der Waals surface area contributed by atoms with Crippen LogP contribution >= 0.6 is 0 Å². The van der Waals surface area contributed by atoms with Crippen molar-refractivity contribution in [1.29, 1.82) is 5.26 Å². The number of carbonyl (C=O) groups is 2. The van der Waals surface area contributed by atoms with E-state index in [1.807, 2.05) is 6.07 Å². The summed E-state index contributed by atoms with van der Waals surface area (Å²) in [5.74, 6) is 0.160. The number of carbonyl (C=O) groups excluding carboxylic acids is 2. The molecular formula is C18H22N2O4. The summed E-state index contributed by atoms with van der Waals surface area (Å²) in [7, 11) is 0. The number of hydrogen-bond acceptors (Lipinski definition) is 5. The topological polar surface area (TPSA) is 79.6 Å². The van der Waals surface area contributed by atoms with Gasteiger partial charge in [-0.1, -0.05) is 0 Å². The number of nitriles is 1. The van der Waals surface area contributed by atoms with E-state index in [1.165, 1.54) is 0 Å². The van der Waals surface area contributed by atoms with Gasteiger partial charge in [-0.2, -0.15) is 5.26 Å². The number of likely N-dealkylation sites (tertiary alicyclic amines) is 1. The molecule has 0 unspecified atom stereocenters. The highest BCUT2D eigenvalue weighted by atomic mass is 16.5. The molecule has 0 saturated carbocycles. The van der Waals surface area contributed by atoms with Crippen LogP contribution in [0.1, 0.15) is 32.3 Å². The van der Waals surface area contributed by atoms with Crippen LogP contribution in [0.3, 0.4) is 0 Å². The van der Waals surface area contributed by atoms with E-state index in [4.69, 9.17) is 14.7 Å². The van der Waals surface area contributed by atoms with E-state index in [9.17, 15) is 9.59 Å². The van der Waals surface area contributed by atoms with Crippen LogP contribution < -0.4 is 4.74 Å². The lowest BCUT2D eigenvalue weighted by molar-refractivity contribution is -0.152. The Balaban J connectivity index is 1.85. The maximum Gasteiger partial charge on any atom is 0.309 e. The van der Waals surface area contributed by atoms with E-state index in [1.54, 1.807) is 43.0 Å². The molecule has 0 radical (unpaired) electrons. The second-order valence-electron chi connectivity index (χ2n) is 5.75. The Bertz CT molecular complexity index is 613. The summed E-state index contributed by atoms with van der Waals surface area (Å²) in [5.41, 5.74) is 0.544. The van der Waals surface area contributed by atoms with Crippen molar-refractivity contribution in [3.8, 4) is 11.8 Å². The molecule has 24 heavy (non-hydrogen) atoms. The van der Waals surface area contributed by atoms with Crippen LogP contribution in [0.4, 0.5) is 0 Å². The van der Waals surface area contributed by atoms with E-state index >= 15 is 0 Å². The molecule has 1 aliphatic rings. The van der Waals surface area contributed by atoms with Crippen molar-refractivity contribution in [2.24, 2.45) is 5.92 Å². The van der Waals surface area contributed by atoms with Gasteiger partial charge in [-0.25, -0.2) is 0 Å². The van der Waals surface area contributed by atoms with Gasteiger partial charge in [0.25, 0.3) is 5.91 Å². The molecule has 6 nitrogen and oxygen atoms in total. The molecule has 1 saturated heterocycles. The summed E-state index contributed by atoms with van der Waals surface area (Å²) >= 11 is 0. The third-order valence-electron chi connectivity index (χ3n) is 4.07. The summed E-state index contributed by atoms with van der Waals surface area (Å²) in [5, 5.41) is 8.78. The lowest BCUT2D eigenvalue weighted by Crippen LogP contribution is -2.45. The number of nitrogens with zero attached hydrogens (tertiary/aromatic N) is 2. The molecule has 1 heterocycles. The van der Waals surface area contributed by atoms with Crippen LogP contribution in [0, 0.1) is 17.2 Å². The molecule has 1 aromatic rings. The maximum atomic E-state index is 12.5. The Morgan fingerprint density at radius 1 is 1.29 bits per heavy atom. The average molecular weight is 330 g/mol. The molecule has 0 spiro atoms. The first-order valence-electron chi connectivity index (χ1n) is 8.17. The molecular weight excluding hydrogens is 308 g/mol. The van der Waals surface area contributed by atoms with Gasteiger partial charge in [0, 0.05) is 13.1 Å². The van der Waals surface area contributed by atoms with Gasteiger partial charge in [-0.15, -0.1) is 0 Å². The van der Waals surface area contributed by atoms with E-state index < -0.39 is 6.10 Å². The molecule has 1 aromatic carbocycles. The highest BCUT2D eigenvalue weighted by Crippen LogP contribution is 2.20. The van der Waals surface area contributed by atoms with Crippen LogP contribution in [0.15, 0.2) is 24.3 Å². The average Bonchev–Trinajstić information content (AvgIpc) is 2.62. The van der Waals surface area contributed by atoms with E-state index in [-0.39, 0.29) is 17.8 Å². The molecule has 0 aromatic heterocycles. The number of rotatable bonds is 5. The fourth-order valence-corrected chi connectivity index (χ4v) is 2.72. The molecule has 0 bridgehead atoms. The van der Waals surface area contributed by atoms with Crippen LogP contribution in [0.5, 0.6) is 5.75 Å². The Morgan fingerprint density at radius 2 is 1.92 bits per heavy atom. The number of amides is 1. The maximum absolute atomic E-state index is 12.5. The number of benzene rings is 1. The standard InChI is InChI=1S/C18H22N2O4/c1-3-23-18(22)15-8-10-20(11-9-15)17(21)13(2)24-16-6-4-14(12-19)5-7-16/h4-7,13,15H,3,8-11H2,1-2H3/t13-/m1/s1. The zero-order valence-corrected chi connectivity index (χ0v) is 14.0. The Hall–Kier alpha value is -2.55. The predicted molar refractivity (Wildman–Crippen MR) is 87.2 cm³/mol. The van der Waals surface area contributed by atoms with E-state index in [0.717, 1.165) is 0 Å². The van der Waals surface area contributed by atoms with Crippen molar-refractivity contribution < 1.29 is 19.1 Å². The summed E-state index contributed by atoms with van der Waals surface area (Å²) in [4.78, 5) is 25.9. The van der Waals surface area contributed by atoms with E-state index in [2.05, 4.69) is 0 Å². The molecule has 0 aliphatic carbocycles. The molecule has 1 atom stereocenters. The molecule has 1 aliphatic heterocycles. The lowest BCUT2D eigenvalue weighted by atomic mass is 9.97. The molecule has 1 amide bonds. The van der Waals surface area contributed by atoms with Crippen LogP contribution in [-0.2, 0) is 14.3 Å². The van der Waals surface area contributed by atoms with Gasteiger partial charge in [0.2, 0.25) is 0 Å². The first-order valence-corrected chi connectivity index (χ1v) is 8.17. The number of esters is 1. The fourth-order valence-electron chi connectivity index (χ4n) is 2.72. The Morgan fingerprint density at radius 3 is 2.46 bits per heavy atom. The van der Waals surface area contributed by atoms with Gasteiger partial charge in [-0.05, 0) is 51.0 Å². The van der Waals surface area contributed by atoms with Crippen molar-refractivity contribution >= 4 is 11.9 Å². The van der Waals surface area contributed by atoms with Crippen LogP contribution in [0.25, 0.3) is 0 Å². The zero-order chi connectivity index (χ0) is 17.5. The molecule has 1 fully saturated rings. The molecule has 128 valence electrons. The van der Waals surface area contributed by atoms with Gasteiger partial charge in [0.1, 0.15) is 5.75 Å². The minimum Gasteiger partial charge on any atom is -0.481 e. The number of ether oxygens (including phenoxy) is 2. The van der Waals surface area contributed by atoms with Gasteiger partial charge < -0.3 is 14.4 Å². The highest BCUT2D eigenvalue weighted by Gasteiger charge is 2.30. The number of piperidine rings is 1. The third kappa shape index (κ3) is 4.48. The Kier molecular flexibility index (Phi) is 6.19. The molecule has 6 heteroatoms. The lowest BCUT2D eigenvalue weighted by Gasteiger charge is -2.32. The smallest absolute Gasteiger partial charge is 0.309 e. The summed E-state index contributed by atoms with van der Waals surface area (Å²) in [6.45, 7) is 4.94. The van der Waals surface area contributed by atoms with Crippen molar-refractivity contribution in [3.63, 3.8) is 0 Å². The summed E-state index contributed by atoms with van der Waals surface area (Å²) in [6.07, 6.45) is 0.625.